The van der Waals surface area contributed by atoms with E-state index in [1.54, 1.807) is 0 Å². The number of carbonyl (C=O) groups is 1. The standard InChI is InChI=1S/C4H6O2.C2H10OSi2/c1-3-4(5)6-2;1-5(2)3-4/h3H,1H2,2H3;5H,1-2,4H3. The van der Waals surface area contributed by atoms with Crippen LogP contribution in [0, 0.1) is 0 Å². The Bertz CT molecular complexity index is 114. The molecule has 0 aliphatic carbocycles. The molecule has 0 radical (unpaired) electrons. The van der Waals surface area contributed by atoms with Crippen LogP contribution in [0.1, 0.15) is 0 Å². The fourth-order valence-electron chi connectivity index (χ4n) is 0.0833. The van der Waals surface area contributed by atoms with Gasteiger partial charge in [-0.05, 0) is 13.1 Å². The minimum Gasteiger partial charge on any atom is -0.466 e. The summed E-state index contributed by atoms with van der Waals surface area (Å²) < 4.78 is 9.17. The highest BCUT2D eigenvalue weighted by atomic mass is 28.3. The van der Waals surface area contributed by atoms with Crippen LogP contribution in [-0.4, -0.2) is 32.6 Å². The van der Waals surface area contributed by atoms with E-state index in [1.807, 2.05) is 0 Å². The Morgan fingerprint density at radius 2 is 2.00 bits per heavy atom. The second-order valence-electron chi connectivity index (χ2n) is 2.01. The highest BCUT2D eigenvalue weighted by Crippen LogP contribution is 1.72. The molecule has 0 aliphatic heterocycles. The molecule has 0 aliphatic rings. The highest BCUT2D eigenvalue weighted by Gasteiger charge is 1.82. The third-order valence-corrected chi connectivity index (χ3v) is 4.61. The summed E-state index contributed by atoms with van der Waals surface area (Å²) in [5.41, 5.74) is 0. The van der Waals surface area contributed by atoms with E-state index in [0.717, 1.165) is 16.6 Å². The summed E-state index contributed by atoms with van der Waals surface area (Å²) in [5.74, 6) is -0.394. The Labute approximate surface area is 72.7 Å². The zero-order chi connectivity index (χ0) is 9.28. The van der Waals surface area contributed by atoms with Crippen molar-refractivity contribution in [2.45, 2.75) is 13.1 Å². The van der Waals surface area contributed by atoms with E-state index >= 15 is 0 Å². The van der Waals surface area contributed by atoms with Crippen molar-refractivity contribution in [3.05, 3.63) is 12.7 Å². The molecular weight excluding hydrogens is 176 g/mol. The Morgan fingerprint density at radius 3 is 2.00 bits per heavy atom. The molecule has 0 atom stereocenters. The van der Waals surface area contributed by atoms with E-state index in [2.05, 4.69) is 24.4 Å². The minimum absolute atomic E-state index is 0.394. The van der Waals surface area contributed by atoms with Crippen LogP contribution in [0.25, 0.3) is 0 Å². The summed E-state index contributed by atoms with van der Waals surface area (Å²) >= 11 is 0. The minimum atomic E-state index is -0.588. The van der Waals surface area contributed by atoms with Crippen LogP contribution in [0.2, 0.25) is 13.1 Å². The molecule has 0 rings (SSSR count). The zero-order valence-electron chi connectivity index (χ0n) is 7.59. The maximum atomic E-state index is 9.84. The van der Waals surface area contributed by atoms with E-state index in [-0.39, 0.29) is 0 Å². The number of ether oxygens (including phenoxy) is 1. The van der Waals surface area contributed by atoms with E-state index in [4.69, 9.17) is 4.12 Å². The molecule has 0 amide bonds. The molecule has 0 bridgehead atoms. The Kier molecular flexibility index (Phi) is 11.5. The van der Waals surface area contributed by atoms with Crippen LogP contribution < -0.4 is 0 Å². The summed E-state index contributed by atoms with van der Waals surface area (Å²) in [6, 6.07) is 0. The van der Waals surface area contributed by atoms with E-state index < -0.39 is 15.0 Å². The third kappa shape index (κ3) is 17.7. The first-order valence-corrected chi connectivity index (χ1v) is 6.91. The summed E-state index contributed by atoms with van der Waals surface area (Å²) in [7, 11) is 1.66. The lowest BCUT2D eigenvalue weighted by atomic mass is 10.7. The molecular formula is C6H16O3Si2. The van der Waals surface area contributed by atoms with Crippen LogP contribution in [0.15, 0.2) is 12.7 Å². The van der Waals surface area contributed by atoms with Crippen molar-refractivity contribution in [1.29, 1.82) is 0 Å². The molecule has 3 nitrogen and oxygen atoms in total. The number of hydrogen-bond acceptors (Lipinski definition) is 3. The van der Waals surface area contributed by atoms with E-state index in [9.17, 15) is 4.79 Å². The van der Waals surface area contributed by atoms with Gasteiger partial charge in [0, 0.05) is 6.08 Å². The summed E-state index contributed by atoms with van der Waals surface area (Å²) in [6.45, 7) is 7.50. The lowest BCUT2D eigenvalue weighted by Gasteiger charge is -1.93. The van der Waals surface area contributed by atoms with Crippen molar-refractivity contribution in [1.82, 2.24) is 0 Å². The van der Waals surface area contributed by atoms with Crippen molar-refractivity contribution in [3.8, 4) is 0 Å². The molecule has 0 aromatic heterocycles. The van der Waals surface area contributed by atoms with Crippen molar-refractivity contribution in [3.63, 3.8) is 0 Å². The molecule has 0 heterocycles. The van der Waals surface area contributed by atoms with Gasteiger partial charge < -0.3 is 8.85 Å². The number of esters is 1. The lowest BCUT2D eigenvalue weighted by molar-refractivity contribution is -0.134. The molecule has 11 heavy (non-hydrogen) atoms. The van der Waals surface area contributed by atoms with Gasteiger partial charge in [0.05, 0.1) is 7.11 Å². The van der Waals surface area contributed by atoms with Gasteiger partial charge in [-0.3, -0.25) is 0 Å². The molecule has 0 spiro atoms. The van der Waals surface area contributed by atoms with Gasteiger partial charge in [-0.25, -0.2) is 4.79 Å². The van der Waals surface area contributed by atoms with E-state index in [1.165, 1.54) is 7.11 Å². The van der Waals surface area contributed by atoms with Crippen LogP contribution in [-0.2, 0) is 13.6 Å². The largest absolute Gasteiger partial charge is 0.466 e. The maximum Gasteiger partial charge on any atom is 0.329 e. The van der Waals surface area contributed by atoms with Gasteiger partial charge >= 0.3 is 5.97 Å². The predicted octanol–water partition coefficient (Wildman–Crippen LogP) is -0.388. The summed E-state index contributed by atoms with van der Waals surface area (Å²) in [5, 5.41) is 0. The fraction of sp³-hybridized carbons (Fsp3) is 0.500. The smallest absolute Gasteiger partial charge is 0.329 e. The van der Waals surface area contributed by atoms with Gasteiger partial charge in [0.25, 0.3) is 0 Å². The third-order valence-electron chi connectivity index (χ3n) is 0.839. The molecule has 0 fully saturated rings. The Hall–Kier alpha value is -0.396. The number of carbonyl (C=O) groups excluding carboxylic acids is 1. The van der Waals surface area contributed by atoms with Crippen molar-refractivity contribution in [2.75, 3.05) is 7.11 Å². The van der Waals surface area contributed by atoms with Gasteiger partial charge in [0.15, 0.2) is 9.04 Å². The molecule has 0 N–H and O–H groups in total. The zero-order valence-corrected chi connectivity index (χ0v) is 10.7. The second-order valence-corrected chi connectivity index (χ2v) is 5.99. The number of hydrogen-bond donors (Lipinski definition) is 0. The quantitative estimate of drug-likeness (QED) is 0.340. The fourth-order valence-corrected chi connectivity index (χ4v) is 0.0833. The first-order valence-electron chi connectivity index (χ1n) is 3.31. The number of methoxy groups -OCH3 is 1. The molecule has 66 valence electrons. The van der Waals surface area contributed by atoms with Gasteiger partial charge in [-0.15, -0.1) is 0 Å². The average Bonchev–Trinajstić information content (AvgIpc) is 2.04. The summed E-state index contributed by atoms with van der Waals surface area (Å²) in [4.78, 5) is 9.84. The molecule has 5 heteroatoms. The highest BCUT2D eigenvalue weighted by molar-refractivity contribution is 6.52. The van der Waals surface area contributed by atoms with Gasteiger partial charge in [-0.1, -0.05) is 6.58 Å². The first-order chi connectivity index (χ1) is 5.08. The second kappa shape index (κ2) is 9.60. The lowest BCUT2D eigenvalue weighted by Crippen LogP contribution is -2.02. The maximum absolute atomic E-state index is 9.84. The normalized spacial score (nSPS) is 8.36. The Morgan fingerprint density at radius 1 is 1.64 bits per heavy atom. The van der Waals surface area contributed by atoms with Crippen molar-refractivity contribution in [2.24, 2.45) is 0 Å². The SMILES string of the molecule is C=CC(=O)OC.C[SiH](C)O[SiH3]. The van der Waals surface area contributed by atoms with Gasteiger partial charge in [0.1, 0.15) is 10.5 Å². The molecule has 0 aromatic carbocycles. The van der Waals surface area contributed by atoms with Crippen LogP contribution >= 0.6 is 0 Å². The van der Waals surface area contributed by atoms with Crippen LogP contribution in [0.3, 0.4) is 0 Å². The topological polar surface area (TPSA) is 35.5 Å². The average molecular weight is 192 g/mol. The van der Waals surface area contributed by atoms with Crippen molar-refractivity contribution < 1.29 is 13.6 Å². The monoisotopic (exact) mass is 192 g/mol. The molecule has 0 saturated heterocycles. The first kappa shape index (κ1) is 13.2. The van der Waals surface area contributed by atoms with Gasteiger partial charge in [-0.2, -0.15) is 0 Å². The predicted molar refractivity (Wildman–Crippen MR) is 52.1 cm³/mol. The van der Waals surface area contributed by atoms with Gasteiger partial charge in [0.2, 0.25) is 0 Å². The van der Waals surface area contributed by atoms with E-state index in [0.29, 0.717) is 0 Å². The van der Waals surface area contributed by atoms with Crippen LogP contribution in [0.4, 0.5) is 0 Å². The van der Waals surface area contributed by atoms with Crippen molar-refractivity contribution >= 4 is 25.5 Å². The van der Waals surface area contributed by atoms with Crippen LogP contribution in [0.5, 0.6) is 0 Å². The molecule has 0 unspecified atom stereocenters. The number of rotatable bonds is 2. The molecule has 0 aromatic rings. The Balaban J connectivity index is 0. The molecule has 0 saturated carbocycles. The summed E-state index contributed by atoms with van der Waals surface area (Å²) in [6.07, 6.45) is 1.11.